The highest BCUT2D eigenvalue weighted by atomic mass is 14.9. The largest absolute Gasteiger partial charge is 0.364 e. The van der Waals surface area contributed by atoms with Gasteiger partial charge in [0.05, 0.1) is 6.04 Å². The second kappa shape index (κ2) is 3.89. The monoisotopic (exact) mass is 124 g/mol. The summed E-state index contributed by atoms with van der Waals surface area (Å²) in [6.07, 6.45) is 1.57. The molecule has 2 heteroatoms. The maximum Gasteiger partial charge on any atom is 0.0856 e. The SMILES string of the molecule is C=CNC(=C)C(C)N=C. The molecular weight excluding hydrogens is 112 g/mol. The summed E-state index contributed by atoms with van der Waals surface area (Å²) in [7, 11) is 0. The van der Waals surface area contributed by atoms with Crippen LogP contribution in [-0.4, -0.2) is 12.8 Å². The van der Waals surface area contributed by atoms with Crippen LogP contribution in [0.4, 0.5) is 0 Å². The average molecular weight is 124 g/mol. The second-order valence-corrected chi connectivity index (χ2v) is 1.73. The minimum atomic E-state index is 0.0583. The quantitative estimate of drug-likeness (QED) is 0.562. The lowest BCUT2D eigenvalue weighted by molar-refractivity contribution is 0.807. The molecule has 2 nitrogen and oxygen atoms in total. The number of hydrogen-bond acceptors (Lipinski definition) is 2. The molecule has 0 amide bonds. The van der Waals surface area contributed by atoms with Gasteiger partial charge in [0.2, 0.25) is 0 Å². The Morgan fingerprint density at radius 1 is 1.78 bits per heavy atom. The molecule has 0 aliphatic carbocycles. The van der Waals surface area contributed by atoms with Crippen LogP contribution in [0.2, 0.25) is 0 Å². The third kappa shape index (κ3) is 2.69. The molecule has 0 spiro atoms. The van der Waals surface area contributed by atoms with Gasteiger partial charge in [0, 0.05) is 5.70 Å². The van der Waals surface area contributed by atoms with Crippen molar-refractivity contribution in [1.82, 2.24) is 5.32 Å². The van der Waals surface area contributed by atoms with Crippen molar-refractivity contribution in [3.05, 3.63) is 25.1 Å². The molecule has 1 unspecified atom stereocenters. The molecular formula is C7H12N2. The van der Waals surface area contributed by atoms with E-state index in [1.165, 1.54) is 0 Å². The van der Waals surface area contributed by atoms with E-state index in [0.29, 0.717) is 0 Å². The number of hydrogen-bond donors (Lipinski definition) is 1. The molecule has 50 valence electrons. The fraction of sp³-hybridized carbons (Fsp3) is 0.286. The third-order valence-electron chi connectivity index (χ3n) is 1.07. The summed E-state index contributed by atoms with van der Waals surface area (Å²) in [5.74, 6) is 0. The molecule has 0 saturated carbocycles. The maximum absolute atomic E-state index is 3.75. The highest BCUT2D eigenvalue weighted by molar-refractivity contribution is 5.26. The maximum atomic E-state index is 3.75. The molecule has 0 rings (SSSR count). The van der Waals surface area contributed by atoms with Crippen LogP contribution in [0.15, 0.2) is 30.0 Å². The minimum Gasteiger partial charge on any atom is -0.364 e. The zero-order valence-electron chi connectivity index (χ0n) is 5.72. The molecule has 1 N–H and O–H groups in total. The zero-order valence-corrected chi connectivity index (χ0v) is 5.72. The Labute approximate surface area is 56.0 Å². The first-order chi connectivity index (χ1) is 4.22. The van der Waals surface area contributed by atoms with Gasteiger partial charge >= 0.3 is 0 Å². The van der Waals surface area contributed by atoms with Gasteiger partial charge < -0.3 is 5.32 Å². The normalized spacial score (nSPS) is 11.7. The van der Waals surface area contributed by atoms with Crippen LogP contribution in [0.25, 0.3) is 0 Å². The Kier molecular flexibility index (Phi) is 3.44. The standard InChI is InChI=1S/C7H12N2/c1-5-9-7(3)6(2)8-4/h5-6,9H,1,3-4H2,2H3. The molecule has 0 aromatic carbocycles. The number of rotatable bonds is 4. The number of nitrogens with zero attached hydrogens (tertiary/aromatic N) is 1. The molecule has 0 heterocycles. The minimum absolute atomic E-state index is 0.0583. The first-order valence-corrected chi connectivity index (χ1v) is 2.74. The summed E-state index contributed by atoms with van der Waals surface area (Å²) in [6.45, 7) is 12.5. The predicted octanol–water partition coefficient (Wildman–Crippen LogP) is 1.32. The molecule has 0 aromatic heterocycles. The lowest BCUT2D eigenvalue weighted by Gasteiger charge is -2.07. The van der Waals surface area contributed by atoms with Gasteiger partial charge in [0.15, 0.2) is 0 Å². The van der Waals surface area contributed by atoms with Crippen molar-refractivity contribution in [1.29, 1.82) is 0 Å². The van der Waals surface area contributed by atoms with Crippen molar-refractivity contribution < 1.29 is 0 Å². The van der Waals surface area contributed by atoms with Crippen molar-refractivity contribution in [3.8, 4) is 0 Å². The second-order valence-electron chi connectivity index (χ2n) is 1.73. The summed E-state index contributed by atoms with van der Waals surface area (Å²) < 4.78 is 0. The van der Waals surface area contributed by atoms with E-state index in [9.17, 15) is 0 Å². The Bertz CT molecular complexity index is 127. The van der Waals surface area contributed by atoms with Crippen LogP contribution in [-0.2, 0) is 0 Å². The van der Waals surface area contributed by atoms with Crippen molar-refractivity contribution >= 4 is 6.72 Å². The van der Waals surface area contributed by atoms with Gasteiger partial charge in [-0.1, -0.05) is 13.2 Å². The van der Waals surface area contributed by atoms with Gasteiger partial charge in [-0.25, -0.2) is 0 Å². The van der Waals surface area contributed by atoms with E-state index < -0.39 is 0 Å². The van der Waals surface area contributed by atoms with E-state index in [1.807, 2.05) is 6.92 Å². The Morgan fingerprint density at radius 3 is 2.67 bits per heavy atom. The molecule has 0 aliphatic rings. The van der Waals surface area contributed by atoms with Crippen LogP contribution >= 0.6 is 0 Å². The van der Waals surface area contributed by atoms with E-state index >= 15 is 0 Å². The highest BCUT2D eigenvalue weighted by Crippen LogP contribution is 1.96. The Hall–Kier alpha value is -1.05. The van der Waals surface area contributed by atoms with E-state index in [0.717, 1.165) is 5.70 Å². The zero-order chi connectivity index (χ0) is 7.28. The Morgan fingerprint density at radius 2 is 2.33 bits per heavy atom. The first kappa shape index (κ1) is 7.95. The van der Waals surface area contributed by atoms with Gasteiger partial charge in [-0.05, 0) is 19.8 Å². The van der Waals surface area contributed by atoms with Gasteiger partial charge in [-0.2, -0.15) is 0 Å². The van der Waals surface area contributed by atoms with E-state index in [1.54, 1.807) is 6.20 Å². The van der Waals surface area contributed by atoms with E-state index in [4.69, 9.17) is 0 Å². The van der Waals surface area contributed by atoms with Gasteiger partial charge in [-0.15, -0.1) is 0 Å². The summed E-state index contributed by atoms with van der Waals surface area (Å²) in [5, 5.41) is 2.83. The van der Waals surface area contributed by atoms with Crippen molar-refractivity contribution in [2.45, 2.75) is 13.0 Å². The smallest absolute Gasteiger partial charge is 0.0856 e. The van der Waals surface area contributed by atoms with Crippen LogP contribution in [0.3, 0.4) is 0 Å². The van der Waals surface area contributed by atoms with Gasteiger partial charge in [0.25, 0.3) is 0 Å². The van der Waals surface area contributed by atoms with Crippen LogP contribution in [0.1, 0.15) is 6.92 Å². The molecule has 9 heavy (non-hydrogen) atoms. The predicted molar refractivity (Wildman–Crippen MR) is 41.5 cm³/mol. The summed E-state index contributed by atoms with van der Waals surface area (Å²) in [6, 6.07) is 0.0583. The highest BCUT2D eigenvalue weighted by Gasteiger charge is 1.97. The molecule has 0 radical (unpaired) electrons. The fourth-order valence-corrected chi connectivity index (χ4v) is 0.362. The number of nitrogens with one attached hydrogen (secondary N) is 1. The van der Waals surface area contributed by atoms with Crippen molar-refractivity contribution in [2.75, 3.05) is 0 Å². The molecule has 0 fully saturated rings. The summed E-state index contributed by atoms with van der Waals surface area (Å²) >= 11 is 0. The van der Waals surface area contributed by atoms with Crippen molar-refractivity contribution in [3.63, 3.8) is 0 Å². The van der Waals surface area contributed by atoms with Gasteiger partial charge in [0.1, 0.15) is 0 Å². The fourth-order valence-electron chi connectivity index (χ4n) is 0.362. The van der Waals surface area contributed by atoms with E-state index in [2.05, 4.69) is 30.2 Å². The molecule has 0 aliphatic heterocycles. The van der Waals surface area contributed by atoms with Crippen LogP contribution < -0.4 is 5.32 Å². The molecule has 0 aromatic rings. The first-order valence-electron chi connectivity index (χ1n) is 2.74. The molecule has 1 atom stereocenters. The van der Waals surface area contributed by atoms with Crippen LogP contribution in [0.5, 0.6) is 0 Å². The summed E-state index contributed by atoms with van der Waals surface area (Å²) in [4.78, 5) is 3.75. The van der Waals surface area contributed by atoms with Crippen LogP contribution in [0, 0.1) is 0 Å². The molecule has 0 saturated heterocycles. The van der Waals surface area contributed by atoms with E-state index in [-0.39, 0.29) is 6.04 Å². The summed E-state index contributed by atoms with van der Waals surface area (Å²) in [5.41, 5.74) is 0.819. The Balaban J connectivity index is 3.71. The lowest BCUT2D eigenvalue weighted by Crippen LogP contribution is -2.13. The van der Waals surface area contributed by atoms with Crippen molar-refractivity contribution in [2.24, 2.45) is 4.99 Å². The van der Waals surface area contributed by atoms with Gasteiger partial charge in [-0.3, -0.25) is 4.99 Å². The topological polar surface area (TPSA) is 24.4 Å². The molecule has 0 bridgehead atoms. The lowest BCUT2D eigenvalue weighted by atomic mass is 10.3. The number of aliphatic imine (C=N–C) groups is 1. The third-order valence-corrected chi connectivity index (χ3v) is 1.07. The average Bonchev–Trinajstić information content (AvgIpc) is 1.87.